The second-order valence-electron chi connectivity index (χ2n) is 4.77. The van der Waals surface area contributed by atoms with Crippen LogP contribution < -0.4 is 10.6 Å². The highest BCUT2D eigenvalue weighted by molar-refractivity contribution is 14.0. The second-order valence-corrected chi connectivity index (χ2v) is 6.22. The van der Waals surface area contributed by atoms with Crippen molar-refractivity contribution in [3.05, 3.63) is 45.1 Å². The Balaban J connectivity index is 0.00000264. The minimum absolute atomic E-state index is 0. The molecule has 0 atom stereocenters. The minimum atomic E-state index is 0. The van der Waals surface area contributed by atoms with Gasteiger partial charge in [0.15, 0.2) is 5.96 Å². The van der Waals surface area contributed by atoms with Crippen LogP contribution in [0.2, 0.25) is 5.15 Å². The van der Waals surface area contributed by atoms with Gasteiger partial charge in [0.2, 0.25) is 0 Å². The number of halogens is 2. The first kappa shape index (κ1) is 20.1. The van der Waals surface area contributed by atoms with Crippen LogP contribution in [-0.4, -0.2) is 36.1 Å². The number of rotatable bonds is 6. The van der Waals surface area contributed by atoms with Gasteiger partial charge in [0.25, 0.3) is 0 Å². The van der Waals surface area contributed by atoms with Crippen molar-refractivity contribution in [3.8, 4) is 0 Å². The lowest BCUT2D eigenvalue weighted by Crippen LogP contribution is -2.39. The Kier molecular flexibility index (Phi) is 9.42. The zero-order valence-corrected chi connectivity index (χ0v) is 17.1. The van der Waals surface area contributed by atoms with E-state index in [2.05, 4.69) is 31.0 Å². The van der Waals surface area contributed by atoms with Crippen LogP contribution in [0.25, 0.3) is 0 Å². The van der Waals surface area contributed by atoms with E-state index in [-0.39, 0.29) is 24.0 Å². The van der Waals surface area contributed by atoms with Gasteiger partial charge < -0.3 is 10.6 Å². The zero-order valence-electron chi connectivity index (χ0n) is 13.2. The van der Waals surface area contributed by atoms with Crippen molar-refractivity contribution < 1.29 is 0 Å². The van der Waals surface area contributed by atoms with Gasteiger partial charge in [-0.2, -0.15) is 0 Å². The molecule has 0 aromatic carbocycles. The maximum Gasteiger partial charge on any atom is 0.190 e. The Morgan fingerprint density at radius 1 is 1.26 bits per heavy atom. The lowest BCUT2D eigenvalue weighted by atomic mass is 10.2. The standard InChI is InChI=1S/C15H20ClN5S.HI/c1-11-21-13(10-22-11)6-8-19-15(17-2)18-7-5-12-3-4-14(16)20-9-12;/h3-4,9-10H,5-8H2,1-2H3,(H2,17,18,19);1H. The summed E-state index contributed by atoms with van der Waals surface area (Å²) in [5.74, 6) is 0.800. The number of nitrogens with zero attached hydrogens (tertiary/aromatic N) is 3. The van der Waals surface area contributed by atoms with E-state index in [0.717, 1.165) is 48.2 Å². The van der Waals surface area contributed by atoms with Crippen LogP contribution in [0.15, 0.2) is 28.7 Å². The first-order valence-electron chi connectivity index (χ1n) is 7.13. The van der Waals surface area contributed by atoms with Crippen molar-refractivity contribution in [1.82, 2.24) is 20.6 Å². The largest absolute Gasteiger partial charge is 0.356 e. The van der Waals surface area contributed by atoms with Gasteiger partial charge in [-0.05, 0) is 25.0 Å². The molecule has 2 aromatic rings. The van der Waals surface area contributed by atoms with E-state index in [4.69, 9.17) is 11.6 Å². The number of aliphatic imine (C=N–C) groups is 1. The average molecular weight is 466 g/mol. The fourth-order valence-corrected chi connectivity index (χ4v) is 2.69. The molecule has 2 heterocycles. The number of aryl methyl sites for hydroxylation is 1. The molecule has 2 N–H and O–H groups in total. The third kappa shape index (κ3) is 7.45. The summed E-state index contributed by atoms with van der Waals surface area (Å²) in [5.41, 5.74) is 2.27. The molecule has 0 radical (unpaired) electrons. The van der Waals surface area contributed by atoms with Crippen LogP contribution in [0.4, 0.5) is 0 Å². The van der Waals surface area contributed by atoms with E-state index in [1.807, 2.05) is 13.0 Å². The molecule has 0 spiro atoms. The van der Waals surface area contributed by atoms with Crippen molar-refractivity contribution in [2.75, 3.05) is 20.1 Å². The third-order valence-corrected chi connectivity index (χ3v) is 4.10. The molecule has 0 aliphatic heterocycles. The molecular weight excluding hydrogens is 445 g/mol. The summed E-state index contributed by atoms with van der Waals surface area (Å²) in [6.07, 6.45) is 3.56. The Morgan fingerprint density at radius 2 is 2.00 bits per heavy atom. The number of nitrogens with one attached hydrogen (secondary N) is 2. The molecule has 8 heteroatoms. The molecule has 0 aliphatic carbocycles. The van der Waals surface area contributed by atoms with E-state index in [1.54, 1.807) is 30.6 Å². The first-order valence-corrected chi connectivity index (χ1v) is 8.39. The average Bonchev–Trinajstić information content (AvgIpc) is 2.93. The molecule has 0 fully saturated rings. The third-order valence-electron chi connectivity index (χ3n) is 3.06. The van der Waals surface area contributed by atoms with Gasteiger partial charge in [-0.1, -0.05) is 17.7 Å². The van der Waals surface area contributed by atoms with E-state index in [9.17, 15) is 0 Å². The molecule has 5 nitrogen and oxygen atoms in total. The molecule has 23 heavy (non-hydrogen) atoms. The molecule has 0 aliphatic rings. The van der Waals surface area contributed by atoms with Crippen LogP contribution >= 0.6 is 46.9 Å². The quantitative estimate of drug-likeness (QED) is 0.298. The molecule has 0 bridgehead atoms. The van der Waals surface area contributed by atoms with Gasteiger partial charge in [0.1, 0.15) is 5.15 Å². The molecule has 126 valence electrons. The first-order chi connectivity index (χ1) is 10.7. The van der Waals surface area contributed by atoms with Crippen molar-refractivity contribution in [2.24, 2.45) is 4.99 Å². The monoisotopic (exact) mass is 465 g/mol. The van der Waals surface area contributed by atoms with Crippen molar-refractivity contribution in [2.45, 2.75) is 19.8 Å². The molecule has 2 rings (SSSR count). The number of guanidine groups is 1. The van der Waals surface area contributed by atoms with Crippen molar-refractivity contribution >= 4 is 52.9 Å². The summed E-state index contributed by atoms with van der Waals surface area (Å²) >= 11 is 7.45. The van der Waals surface area contributed by atoms with Gasteiger partial charge in [-0.25, -0.2) is 9.97 Å². The lowest BCUT2D eigenvalue weighted by Gasteiger charge is -2.11. The SMILES string of the molecule is CN=C(NCCc1ccc(Cl)nc1)NCCc1csc(C)n1.I. The molecule has 2 aromatic heterocycles. The maximum absolute atomic E-state index is 5.77. The highest BCUT2D eigenvalue weighted by Crippen LogP contribution is 2.07. The minimum Gasteiger partial charge on any atom is -0.356 e. The predicted octanol–water partition coefficient (Wildman–Crippen LogP) is 3.07. The Hall–Kier alpha value is -0.930. The van der Waals surface area contributed by atoms with E-state index in [0.29, 0.717) is 5.15 Å². The maximum atomic E-state index is 5.77. The number of thiazole rings is 1. The summed E-state index contributed by atoms with van der Waals surface area (Å²) in [5, 5.41) is 10.3. The molecule has 0 saturated heterocycles. The van der Waals surface area contributed by atoms with Crippen molar-refractivity contribution in [3.63, 3.8) is 0 Å². The van der Waals surface area contributed by atoms with Crippen LogP contribution in [0.3, 0.4) is 0 Å². The fraction of sp³-hybridized carbons (Fsp3) is 0.400. The Labute approximate surface area is 163 Å². The second kappa shape index (κ2) is 10.8. The van der Waals surface area contributed by atoms with Crippen LogP contribution in [0.5, 0.6) is 0 Å². The summed E-state index contributed by atoms with van der Waals surface area (Å²) in [6, 6.07) is 3.79. The number of pyridine rings is 1. The van der Waals surface area contributed by atoms with Crippen LogP contribution in [0.1, 0.15) is 16.3 Å². The van der Waals surface area contributed by atoms with Crippen LogP contribution in [0, 0.1) is 6.92 Å². The van der Waals surface area contributed by atoms with Gasteiger partial charge in [-0.3, -0.25) is 4.99 Å². The number of hydrogen-bond acceptors (Lipinski definition) is 4. The van der Waals surface area contributed by atoms with Gasteiger partial charge in [0, 0.05) is 38.1 Å². The number of aromatic nitrogens is 2. The highest BCUT2D eigenvalue weighted by Gasteiger charge is 2.01. The van der Waals surface area contributed by atoms with Gasteiger partial charge in [-0.15, -0.1) is 35.3 Å². The van der Waals surface area contributed by atoms with E-state index in [1.165, 1.54) is 0 Å². The summed E-state index contributed by atoms with van der Waals surface area (Å²) in [4.78, 5) is 12.7. The molecule has 0 saturated carbocycles. The summed E-state index contributed by atoms with van der Waals surface area (Å²) in [7, 11) is 1.77. The van der Waals surface area contributed by atoms with Gasteiger partial charge in [0.05, 0.1) is 10.7 Å². The van der Waals surface area contributed by atoms with Crippen molar-refractivity contribution in [1.29, 1.82) is 0 Å². The predicted molar refractivity (Wildman–Crippen MR) is 108 cm³/mol. The Bertz CT molecular complexity index is 615. The fourth-order valence-electron chi connectivity index (χ4n) is 1.93. The smallest absolute Gasteiger partial charge is 0.190 e. The Morgan fingerprint density at radius 3 is 2.57 bits per heavy atom. The van der Waals surface area contributed by atoms with Gasteiger partial charge >= 0.3 is 0 Å². The molecule has 0 unspecified atom stereocenters. The van der Waals surface area contributed by atoms with E-state index >= 15 is 0 Å². The lowest BCUT2D eigenvalue weighted by molar-refractivity contribution is 0.776. The zero-order chi connectivity index (χ0) is 15.8. The summed E-state index contributed by atoms with van der Waals surface area (Å²) in [6.45, 7) is 3.62. The highest BCUT2D eigenvalue weighted by atomic mass is 127. The number of hydrogen-bond donors (Lipinski definition) is 2. The van der Waals surface area contributed by atoms with Crippen LogP contribution in [-0.2, 0) is 12.8 Å². The molecular formula is C15H21ClIN5S. The van der Waals surface area contributed by atoms with E-state index < -0.39 is 0 Å². The normalized spacial score (nSPS) is 11.0. The summed E-state index contributed by atoms with van der Waals surface area (Å²) < 4.78 is 0. The molecule has 0 amide bonds. The topological polar surface area (TPSA) is 62.2 Å².